The summed E-state index contributed by atoms with van der Waals surface area (Å²) < 4.78 is 0. The molecule has 0 radical (unpaired) electrons. The van der Waals surface area contributed by atoms with Crippen LogP contribution < -0.4 is 15.1 Å². The SMILES string of the molecule is CN1CC2CCC1CN2c1sc(NC(=O)c2cnc(N3CCC(C(=O)O)CC3)c(Cl)c2)nc1-c1cc(Cl)cs1. The molecule has 39 heavy (non-hydrogen) atoms. The van der Waals surface area contributed by atoms with Crippen LogP contribution in [0.4, 0.5) is 16.0 Å². The fraction of sp³-hybridized carbons (Fsp3) is 0.462. The van der Waals surface area contributed by atoms with Crippen LogP contribution in [-0.2, 0) is 4.79 Å². The molecular formula is C26H28Cl2N6O3S2. The molecule has 13 heteroatoms. The number of piperidine rings is 3. The van der Waals surface area contributed by atoms with Crippen LogP contribution in [0.5, 0.6) is 0 Å². The number of halogens is 2. The first-order valence-corrected chi connectivity index (χ1v) is 15.4. The molecule has 0 spiro atoms. The standard InChI is InChI=1S/C26H28Cl2N6O3S2/c1-32-11-18-3-2-17(32)12-34(18)24-21(20-9-16(27)13-38-20)30-26(39-24)31-23(35)15-8-19(28)22(29-10-15)33-6-4-14(5-7-33)25(36)37/h8-10,13-14,17-18H,2-7,11-12H2,1H3,(H,36,37)(H,30,31,35). The normalized spacial score (nSPS) is 21.9. The Morgan fingerprint density at radius 2 is 1.87 bits per heavy atom. The van der Waals surface area contributed by atoms with Crippen LogP contribution in [0.25, 0.3) is 10.6 Å². The Kier molecular flexibility index (Phi) is 7.45. The number of nitrogens with one attached hydrogen (secondary N) is 1. The van der Waals surface area contributed by atoms with E-state index in [2.05, 4.69) is 27.1 Å². The number of nitrogens with zero attached hydrogens (tertiary/aromatic N) is 5. The van der Waals surface area contributed by atoms with Crippen LogP contribution in [0.2, 0.25) is 10.0 Å². The smallest absolute Gasteiger partial charge is 0.306 e. The molecule has 2 unspecified atom stereocenters. The second-order valence-electron chi connectivity index (χ2n) is 10.4. The van der Waals surface area contributed by atoms with Gasteiger partial charge < -0.3 is 14.9 Å². The number of amides is 1. The highest BCUT2D eigenvalue weighted by molar-refractivity contribution is 7.21. The minimum absolute atomic E-state index is 0.334. The minimum atomic E-state index is -0.767. The number of anilines is 3. The molecule has 7 heterocycles. The number of thiazole rings is 1. The molecule has 2 atom stereocenters. The van der Waals surface area contributed by atoms with Crippen molar-refractivity contribution in [3.8, 4) is 10.6 Å². The first-order valence-electron chi connectivity index (χ1n) is 12.9. The van der Waals surface area contributed by atoms with E-state index in [-0.39, 0.29) is 11.8 Å². The molecule has 3 aromatic heterocycles. The molecule has 1 amide bonds. The number of carboxylic acid groups (broad SMARTS) is 1. The molecule has 9 nitrogen and oxygen atoms in total. The summed E-state index contributed by atoms with van der Waals surface area (Å²) in [6.45, 7) is 3.06. The summed E-state index contributed by atoms with van der Waals surface area (Å²) in [6, 6.07) is 4.45. The fourth-order valence-corrected chi connectivity index (χ4v) is 8.21. The summed E-state index contributed by atoms with van der Waals surface area (Å²) in [6.07, 6.45) is 4.92. The van der Waals surface area contributed by atoms with Crippen molar-refractivity contribution in [1.29, 1.82) is 0 Å². The molecule has 3 aromatic rings. The summed E-state index contributed by atoms with van der Waals surface area (Å²) in [7, 11) is 2.19. The highest BCUT2D eigenvalue weighted by atomic mass is 35.5. The van der Waals surface area contributed by atoms with Gasteiger partial charge in [0, 0.05) is 49.8 Å². The molecule has 0 saturated carbocycles. The Morgan fingerprint density at radius 1 is 1.10 bits per heavy atom. The van der Waals surface area contributed by atoms with E-state index in [1.165, 1.54) is 24.0 Å². The molecule has 2 bridgehead atoms. The maximum absolute atomic E-state index is 13.2. The van der Waals surface area contributed by atoms with E-state index in [9.17, 15) is 14.7 Å². The van der Waals surface area contributed by atoms with Crippen LogP contribution in [0.1, 0.15) is 36.0 Å². The van der Waals surface area contributed by atoms with Crippen molar-refractivity contribution >= 4 is 73.7 Å². The maximum Gasteiger partial charge on any atom is 0.306 e. The van der Waals surface area contributed by atoms with E-state index in [0.29, 0.717) is 64.6 Å². The van der Waals surface area contributed by atoms with Crippen molar-refractivity contribution in [1.82, 2.24) is 14.9 Å². The van der Waals surface area contributed by atoms with Gasteiger partial charge in [0.25, 0.3) is 5.91 Å². The van der Waals surface area contributed by atoms with Gasteiger partial charge in [0.2, 0.25) is 0 Å². The van der Waals surface area contributed by atoms with E-state index in [4.69, 9.17) is 28.2 Å². The Morgan fingerprint density at radius 3 is 2.49 bits per heavy atom. The van der Waals surface area contributed by atoms with Gasteiger partial charge in [0.15, 0.2) is 5.13 Å². The molecule has 2 N–H and O–H groups in total. The monoisotopic (exact) mass is 606 g/mol. The van der Waals surface area contributed by atoms with Gasteiger partial charge in [-0.15, -0.1) is 11.3 Å². The lowest BCUT2D eigenvalue weighted by atomic mass is 9.91. The zero-order chi connectivity index (χ0) is 27.3. The predicted octanol–water partition coefficient (Wildman–Crippen LogP) is 5.41. The van der Waals surface area contributed by atoms with Gasteiger partial charge in [0.05, 0.1) is 26.4 Å². The molecule has 4 aliphatic rings. The van der Waals surface area contributed by atoms with Crippen molar-refractivity contribution in [2.45, 2.75) is 37.8 Å². The van der Waals surface area contributed by atoms with Crippen molar-refractivity contribution in [2.24, 2.45) is 5.92 Å². The number of rotatable bonds is 6. The number of thiophene rings is 1. The van der Waals surface area contributed by atoms with Crippen LogP contribution in [0.3, 0.4) is 0 Å². The van der Waals surface area contributed by atoms with Crippen molar-refractivity contribution < 1.29 is 14.7 Å². The van der Waals surface area contributed by atoms with Crippen LogP contribution in [-0.4, -0.2) is 77.2 Å². The van der Waals surface area contributed by atoms with Gasteiger partial charge in [-0.2, -0.15) is 0 Å². The molecule has 0 aromatic carbocycles. The zero-order valence-corrected chi connectivity index (χ0v) is 24.4. The number of likely N-dealkylation sites (N-methyl/N-ethyl adjacent to an activating group) is 1. The van der Waals surface area contributed by atoms with Crippen molar-refractivity contribution in [3.05, 3.63) is 39.3 Å². The first-order chi connectivity index (χ1) is 18.8. The number of piperazine rings is 1. The number of carbonyl (C=O) groups is 2. The van der Waals surface area contributed by atoms with Crippen LogP contribution in [0, 0.1) is 5.92 Å². The van der Waals surface area contributed by atoms with E-state index < -0.39 is 5.97 Å². The molecule has 4 saturated heterocycles. The summed E-state index contributed by atoms with van der Waals surface area (Å²) in [5.74, 6) is -0.882. The number of aliphatic carboxylic acids is 1. The van der Waals surface area contributed by atoms with Gasteiger partial charge >= 0.3 is 5.97 Å². The topological polar surface area (TPSA) is 102 Å². The number of pyridine rings is 1. The van der Waals surface area contributed by atoms with Crippen LogP contribution >= 0.6 is 45.9 Å². The van der Waals surface area contributed by atoms with Crippen molar-refractivity contribution in [3.63, 3.8) is 0 Å². The predicted molar refractivity (Wildman–Crippen MR) is 157 cm³/mol. The highest BCUT2D eigenvalue weighted by Gasteiger charge is 2.39. The third-order valence-electron chi connectivity index (χ3n) is 7.92. The van der Waals surface area contributed by atoms with E-state index in [0.717, 1.165) is 35.1 Å². The number of hydrogen-bond acceptors (Lipinski definition) is 9. The molecule has 4 fully saturated rings. The number of aromatic nitrogens is 2. The quantitative estimate of drug-likeness (QED) is 0.384. The third kappa shape index (κ3) is 5.35. The second-order valence-corrected chi connectivity index (χ2v) is 13.1. The number of hydrogen-bond donors (Lipinski definition) is 2. The average molecular weight is 608 g/mol. The molecular weight excluding hydrogens is 579 g/mol. The van der Waals surface area contributed by atoms with Gasteiger partial charge in [0.1, 0.15) is 16.5 Å². The van der Waals surface area contributed by atoms with Gasteiger partial charge in [-0.3, -0.25) is 19.8 Å². The number of carbonyl (C=O) groups excluding carboxylic acids is 1. The van der Waals surface area contributed by atoms with Gasteiger partial charge in [-0.1, -0.05) is 34.5 Å². The van der Waals surface area contributed by atoms with E-state index in [1.807, 2.05) is 16.3 Å². The molecule has 206 valence electrons. The lowest BCUT2D eigenvalue weighted by Gasteiger charge is -2.50. The summed E-state index contributed by atoms with van der Waals surface area (Å²) >= 11 is 15.8. The van der Waals surface area contributed by atoms with E-state index in [1.54, 1.807) is 17.4 Å². The largest absolute Gasteiger partial charge is 0.481 e. The maximum atomic E-state index is 13.2. The van der Waals surface area contributed by atoms with Gasteiger partial charge in [-0.25, -0.2) is 9.97 Å². The lowest BCUT2D eigenvalue weighted by molar-refractivity contribution is -0.142. The summed E-state index contributed by atoms with van der Waals surface area (Å²) in [5, 5.41) is 16.7. The fourth-order valence-electron chi connectivity index (χ4n) is 5.74. The zero-order valence-electron chi connectivity index (χ0n) is 21.3. The molecule has 4 aliphatic heterocycles. The Hall–Kier alpha value is -2.44. The first kappa shape index (κ1) is 26.8. The second kappa shape index (κ2) is 10.9. The summed E-state index contributed by atoms with van der Waals surface area (Å²) in [4.78, 5) is 41.6. The summed E-state index contributed by atoms with van der Waals surface area (Å²) in [5.41, 5.74) is 1.18. The van der Waals surface area contributed by atoms with Crippen LogP contribution in [0.15, 0.2) is 23.7 Å². The number of fused-ring (bicyclic) bond motifs is 3. The number of carboxylic acids is 1. The third-order valence-corrected chi connectivity index (χ3v) is 10.5. The Bertz CT molecular complexity index is 1410. The van der Waals surface area contributed by atoms with Gasteiger partial charge in [-0.05, 0) is 44.9 Å². The molecule has 0 aliphatic carbocycles. The lowest BCUT2D eigenvalue weighted by Crippen LogP contribution is -2.61. The highest BCUT2D eigenvalue weighted by Crippen LogP contribution is 2.45. The Balaban J connectivity index is 1.21. The van der Waals surface area contributed by atoms with E-state index >= 15 is 0 Å². The Labute approximate surface area is 244 Å². The van der Waals surface area contributed by atoms with Crippen molar-refractivity contribution in [2.75, 3.05) is 48.3 Å². The molecule has 7 rings (SSSR count). The minimum Gasteiger partial charge on any atom is -0.481 e. The average Bonchev–Trinajstić information content (AvgIpc) is 3.55.